The SMILES string of the molecule is CC(C)(C)OC(=O)N1CC(CNC2CC2c2ccccc2)C1. The summed E-state index contributed by atoms with van der Waals surface area (Å²) in [4.78, 5) is 13.6. The van der Waals surface area contributed by atoms with Crippen LogP contribution < -0.4 is 5.32 Å². The van der Waals surface area contributed by atoms with Gasteiger partial charge < -0.3 is 15.0 Å². The summed E-state index contributed by atoms with van der Waals surface area (Å²) in [6.07, 6.45) is 1.05. The number of hydrogen-bond donors (Lipinski definition) is 1. The highest BCUT2D eigenvalue weighted by atomic mass is 16.6. The lowest BCUT2D eigenvalue weighted by Gasteiger charge is -2.40. The Labute approximate surface area is 132 Å². The van der Waals surface area contributed by atoms with Crippen molar-refractivity contribution in [2.45, 2.75) is 44.8 Å². The van der Waals surface area contributed by atoms with E-state index in [0.29, 0.717) is 17.9 Å². The fourth-order valence-electron chi connectivity index (χ4n) is 2.98. The minimum atomic E-state index is -0.405. The number of rotatable bonds is 4. The number of amides is 1. The van der Waals surface area contributed by atoms with Crippen LogP contribution >= 0.6 is 0 Å². The van der Waals surface area contributed by atoms with Crippen LogP contribution in [0.3, 0.4) is 0 Å². The first-order chi connectivity index (χ1) is 10.4. The predicted molar refractivity (Wildman–Crippen MR) is 86.9 cm³/mol. The van der Waals surface area contributed by atoms with Crippen molar-refractivity contribution in [2.24, 2.45) is 5.92 Å². The van der Waals surface area contributed by atoms with Crippen molar-refractivity contribution in [1.29, 1.82) is 0 Å². The van der Waals surface area contributed by atoms with E-state index in [4.69, 9.17) is 4.74 Å². The molecule has 22 heavy (non-hydrogen) atoms. The van der Waals surface area contributed by atoms with E-state index in [-0.39, 0.29) is 6.09 Å². The minimum absolute atomic E-state index is 0.183. The van der Waals surface area contributed by atoms with Crippen LogP contribution in [0.4, 0.5) is 4.79 Å². The fraction of sp³-hybridized carbons (Fsp3) is 0.611. The highest BCUT2D eigenvalue weighted by Crippen LogP contribution is 2.40. The van der Waals surface area contributed by atoms with E-state index in [2.05, 4.69) is 35.6 Å². The summed E-state index contributed by atoms with van der Waals surface area (Å²) in [6.45, 7) is 8.32. The van der Waals surface area contributed by atoms with E-state index in [9.17, 15) is 4.79 Å². The monoisotopic (exact) mass is 302 g/mol. The van der Waals surface area contributed by atoms with Gasteiger partial charge in [-0.15, -0.1) is 0 Å². The highest BCUT2D eigenvalue weighted by Gasteiger charge is 2.40. The molecule has 2 atom stereocenters. The second-order valence-electron chi connectivity index (χ2n) is 7.52. The zero-order valence-electron chi connectivity index (χ0n) is 13.7. The summed E-state index contributed by atoms with van der Waals surface area (Å²) >= 11 is 0. The van der Waals surface area contributed by atoms with Gasteiger partial charge in [0.05, 0.1) is 0 Å². The third-order valence-corrected chi connectivity index (χ3v) is 4.30. The third kappa shape index (κ3) is 3.80. The number of nitrogens with one attached hydrogen (secondary N) is 1. The predicted octanol–water partition coefficient (Wildman–Crippen LogP) is 3.00. The maximum atomic E-state index is 11.9. The standard InChI is InChI=1S/C18H26N2O2/c1-18(2,3)22-17(21)20-11-13(12-20)10-19-16-9-15(16)14-7-5-4-6-8-14/h4-8,13,15-16,19H,9-12H2,1-3H3. The molecule has 1 amide bonds. The van der Waals surface area contributed by atoms with E-state index < -0.39 is 5.60 Å². The summed E-state index contributed by atoms with van der Waals surface area (Å²) in [7, 11) is 0. The molecule has 1 heterocycles. The van der Waals surface area contributed by atoms with E-state index in [1.165, 1.54) is 12.0 Å². The number of carbonyl (C=O) groups excluding carboxylic acids is 1. The Balaban J connectivity index is 1.34. The van der Waals surface area contributed by atoms with Crippen LogP contribution in [0.25, 0.3) is 0 Å². The Morgan fingerprint density at radius 2 is 1.95 bits per heavy atom. The smallest absolute Gasteiger partial charge is 0.410 e. The molecule has 1 N–H and O–H groups in total. The molecular weight excluding hydrogens is 276 g/mol. The van der Waals surface area contributed by atoms with Crippen LogP contribution in [0.5, 0.6) is 0 Å². The number of nitrogens with zero attached hydrogens (tertiary/aromatic N) is 1. The molecule has 120 valence electrons. The van der Waals surface area contributed by atoms with Crippen molar-refractivity contribution >= 4 is 6.09 Å². The normalized spacial score (nSPS) is 24.8. The van der Waals surface area contributed by atoms with Gasteiger partial charge in [0.1, 0.15) is 5.60 Å². The molecule has 4 nitrogen and oxygen atoms in total. The van der Waals surface area contributed by atoms with Gasteiger partial charge in [0.25, 0.3) is 0 Å². The zero-order valence-corrected chi connectivity index (χ0v) is 13.7. The lowest BCUT2D eigenvalue weighted by atomic mass is 10.0. The van der Waals surface area contributed by atoms with Crippen LogP contribution in [-0.4, -0.2) is 42.3 Å². The van der Waals surface area contributed by atoms with E-state index >= 15 is 0 Å². The van der Waals surface area contributed by atoms with Crippen molar-refractivity contribution in [1.82, 2.24) is 10.2 Å². The summed E-state index contributed by atoms with van der Waals surface area (Å²) in [5.74, 6) is 1.23. The quantitative estimate of drug-likeness (QED) is 0.929. The molecular formula is C18H26N2O2. The molecule has 0 radical (unpaired) electrons. The van der Waals surface area contributed by atoms with Crippen molar-refractivity contribution in [3.8, 4) is 0 Å². The summed E-state index contributed by atoms with van der Waals surface area (Å²) in [5.41, 5.74) is 1.03. The average Bonchev–Trinajstić information content (AvgIpc) is 3.15. The van der Waals surface area contributed by atoms with E-state index in [1.807, 2.05) is 20.8 Å². The second kappa shape index (κ2) is 5.92. The molecule has 2 aliphatic rings. The van der Waals surface area contributed by atoms with E-state index in [0.717, 1.165) is 19.6 Å². The fourth-order valence-corrected chi connectivity index (χ4v) is 2.98. The summed E-state index contributed by atoms with van der Waals surface area (Å²) in [5, 5.41) is 3.64. The van der Waals surface area contributed by atoms with Crippen molar-refractivity contribution in [3.05, 3.63) is 35.9 Å². The lowest BCUT2D eigenvalue weighted by Crippen LogP contribution is -2.54. The highest BCUT2D eigenvalue weighted by molar-refractivity contribution is 5.69. The van der Waals surface area contributed by atoms with Crippen LogP contribution in [0.1, 0.15) is 38.7 Å². The molecule has 2 fully saturated rings. The topological polar surface area (TPSA) is 41.6 Å². The molecule has 4 heteroatoms. The molecule has 3 rings (SSSR count). The Bertz CT molecular complexity index is 518. The molecule has 0 bridgehead atoms. The first-order valence-corrected chi connectivity index (χ1v) is 8.18. The maximum Gasteiger partial charge on any atom is 0.410 e. The molecule has 1 saturated heterocycles. The van der Waals surface area contributed by atoms with Crippen LogP contribution in [0.2, 0.25) is 0 Å². The van der Waals surface area contributed by atoms with Gasteiger partial charge >= 0.3 is 6.09 Å². The molecule has 1 aliphatic carbocycles. The Morgan fingerprint density at radius 3 is 2.59 bits per heavy atom. The van der Waals surface area contributed by atoms with Gasteiger partial charge in [0.15, 0.2) is 0 Å². The number of benzene rings is 1. The first-order valence-electron chi connectivity index (χ1n) is 8.18. The van der Waals surface area contributed by atoms with Gasteiger partial charge in [-0.3, -0.25) is 0 Å². The zero-order chi connectivity index (χ0) is 15.7. The maximum absolute atomic E-state index is 11.9. The van der Waals surface area contributed by atoms with Crippen LogP contribution in [0, 0.1) is 5.92 Å². The van der Waals surface area contributed by atoms with Crippen LogP contribution in [-0.2, 0) is 4.74 Å². The molecule has 1 aromatic rings. The molecule has 1 saturated carbocycles. The largest absolute Gasteiger partial charge is 0.444 e. The van der Waals surface area contributed by atoms with Gasteiger partial charge in [0, 0.05) is 37.5 Å². The van der Waals surface area contributed by atoms with Crippen molar-refractivity contribution in [2.75, 3.05) is 19.6 Å². The van der Waals surface area contributed by atoms with Gasteiger partial charge in [0.2, 0.25) is 0 Å². The molecule has 1 aromatic carbocycles. The van der Waals surface area contributed by atoms with Gasteiger partial charge in [-0.2, -0.15) is 0 Å². The number of hydrogen-bond acceptors (Lipinski definition) is 3. The lowest BCUT2D eigenvalue weighted by molar-refractivity contribution is -0.000799. The van der Waals surface area contributed by atoms with E-state index in [1.54, 1.807) is 4.90 Å². The summed E-state index contributed by atoms with van der Waals surface area (Å²) in [6, 6.07) is 11.3. The minimum Gasteiger partial charge on any atom is -0.444 e. The third-order valence-electron chi connectivity index (χ3n) is 4.30. The number of carbonyl (C=O) groups is 1. The second-order valence-corrected chi connectivity index (χ2v) is 7.52. The molecule has 1 aliphatic heterocycles. The Hall–Kier alpha value is -1.55. The number of ether oxygens (including phenoxy) is 1. The van der Waals surface area contributed by atoms with Crippen molar-refractivity contribution in [3.63, 3.8) is 0 Å². The molecule has 2 unspecified atom stereocenters. The van der Waals surface area contributed by atoms with Gasteiger partial charge in [-0.1, -0.05) is 30.3 Å². The number of likely N-dealkylation sites (tertiary alicyclic amines) is 1. The van der Waals surface area contributed by atoms with Crippen LogP contribution in [0.15, 0.2) is 30.3 Å². The van der Waals surface area contributed by atoms with Crippen molar-refractivity contribution < 1.29 is 9.53 Å². The Kier molecular flexibility index (Phi) is 4.13. The molecule has 0 aromatic heterocycles. The van der Waals surface area contributed by atoms with Gasteiger partial charge in [-0.25, -0.2) is 4.79 Å². The average molecular weight is 302 g/mol. The Morgan fingerprint density at radius 1 is 1.27 bits per heavy atom. The van der Waals surface area contributed by atoms with Gasteiger partial charge in [-0.05, 0) is 32.8 Å². The first kappa shape index (κ1) is 15.3. The molecule has 0 spiro atoms. The summed E-state index contributed by atoms with van der Waals surface area (Å²) < 4.78 is 5.37.